The highest BCUT2D eigenvalue weighted by atomic mass is 15.3. The molecule has 0 unspecified atom stereocenters. The predicted molar refractivity (Wildman–Crippen MR) is 75.0 cm³/mol. The normalized spacial score (nSPS) is 24.9. The van der Waals surface area contributed by atoms with Crippen molar-refractivity contribution in [2.45, 2.75) is 38.6 Å². The van der Waals surface area contributed by atoms with E-state index in [1.807, 2.05) is 0 Å². The summed E-state index contributed by atoms with van der Waals surface area (Å²) >= 11 is 0. The molecule has 98 valence electrons. The number of hydrogen-bond acceptors (Lipinski definition) is 3. The monoisotopic (exact) mass is 245 g/mol. The van der Waals surface area contributed by atoms with Crippen molar-refractivity contribution in [2.75, 3.05) is 31.1 Å². The lowest BCUT2D eigenvalue weighted by molar-refractivity contribution is 0.260. The van der Waals surface area contributed by atoms with E-state index in [2.05, 4.69) is 34.9 Å². The standard InChI is InChI=1S/C15H23N3/c1-2-13-6-5-7-15(16-13)18-11-8-14(12-18)17-9-3-4-10-17/h5-7,14H,2-4,8-12H2,1H3/t14-/m0/s1. The van der Waals surface area contributed by atoms with Gasteiger partial charge < -0.3 is 4.90 Å². The summed E-state index contributed by atoms with van der Waals surface area (Å²) < 4.78 is 0. The Morgan fingerprint density at radius 3 is 2.83 bits per heavy atom. The Morgan fingerprint density at radius 2 is 2.06 bits per heavy atom. The molecular weight excluding hydrogens is 222 g/mol. The van der Waals surface area contributed by atoms with Crippen LogP contribution in [0.15, 0.2) is 18.2 Å². The molecule has 1 aromatic heterocycles. The lowest BCUT2D eigenvalue weighted by atomic mass is 10.2. The number of nitrogens with zero attached hydrogens (tertiary/aromatic N) is 3. The first-order chi connectivity index (χ1) is 8.86. The molecular formula is C15H23N3. The minimum Gasteiger partial charge on any atom is -0.355 e. The Balaban J connectivity index is 1.67. The third-order valence-corrected chi connectivity index (χ3v) is 4.30. The summed E-state index contributed by atoms with van der Waals surface area (Å²) in [5.41, 5.74) is 1.21. The first kappa shape index (κ1) is 12.0. The second kappa shape index (κ2) is 5.27. The van der Waals surface area contributed by atoms with E-state index >= 15 is 0 Å². The quantitative estimate of drug-likeness (QED) is 0.814. The lowest BCUT2D eigenvalue weighted by Crippen LogP contribution is -2.35. The summed E-state index contributed by atoms with van der Waals surface area (Å²) in [5, 5.41) is 0. The van der Waals surface area contributed by atoms with E-state index in [1.165, 1.54) is 57.0 Å². The summed E-state index contributed by atoms with van der Waals surface area (Å²) in [6.07, 6.45) is 5.11. The van der Waals surface area contributed by atoms with Crippen LogP contribution in [-0.4, -0.2) is 42.1 Å². The van der Waals surface area contributed by atoms with Crippen molar-refractivity contribution in [3.8, 4) is 0 Å². The van der Waals surface area contributed by atoms with Crippen LogP contribution in [0.25, 0.3) is 0 Å². The van der Waals surface area contributed by atoms with Crippen LogP contribution < -0.4 is 4.90 Å². The Kier molecular flexibility index (Phi) is 3.50. The maximum Gasteiger partial charge on any atom is 0.128 e. The van der Waals surface area contributed by atoms with E-state index in [-0.39, 0.29) is 0 Å². The zero-order valence-electron chi connectivity index (χ0n) is 11.3. The molecule has 2 aliphatic rings. The van der Waals surface area contributed by atoms with Gasteiger partial charge >= 0.3 is 0 Å². The third-order valence-electron chi connectivity index (χ3n) is 4.30. The van der Waals surface area contributed by atoms with Gasteiger partial charge in [0.2, 0.25) is 0 Å². The van der Waals surface area contributed by atoms with Crippen LogP contribution in [-0.2, 0) is 6.42 Å². The molecule has 3 heterocycles. The molecule has 2 saturated heterocycles. The highest BCUT2D eigenvalue weighted by Gasteiger charge is 2.29. The molecule has 2 fully saturated rings. The van der Waals surface area contributed by atoms with Crippen molar-refractivity contribution in [1.82, 2.24) is 9.88 Å². The molecule has 1 aromatic rings. The van der Waals surface area contributed by atoms with Gasteiger partial charge in [0.15, 0.2) is 0 Å². The fraction of sp³-hybridized carbons (Fsp3) is 0.667. The van der Waals surface area contributed by atoms with Crippen LogP contribution in [0.1, 0.15) is 31.9 Å². The molecule has 0 bridgehead atoms. The number of aromatic nitrogens is 1. The zero-order valence-corrected chi connectivity index (χ0v) is 11.3. The first-order valence-corrected chi connectivity index (χ1v) is 7.32. The molecule has 3 rings (SSSR count). The Hall–Kier alpha value is -1.09. The summed E-state index contributed by atoms with van der Waals surface area (Å²) in [6, 6.07) is 7.19. The highest BCUT2D eigenvalue weighted by molar-refractivity contribution is 5.41. The molecule has 0 radical (unpaired) electrons. The average molecular weight is 245 g/mol. The summed E-state index contributed by atoms with van der Waals surface area (Å²) in [6.45, 7) is 7.12. The van der Waals surface area contributed by atoms with Crippen molar-refractivity contribution >= 4 is 5.82 Å². The maximum atomic E-state index is 4.74. The number of aryl methyl sites for hydroxylation is 1. The van der Waals surface area contributed by atoms with Gasteiger partial charge in [-0.2, -0.15) is 0 Å². The minimum absolute atomic E-state index is 0.764. The Bertz CT molecular complexity index is 398. The summed E-state index contributed by atoms with van der Waals surface area (Å²) in [7, 11) is 0. The molecule has 3 heteroatoms. The Morgan fingerprint density at radius 1 is 1.22 bits per heavy atom. The van der Waals surface area contributed by atoms with Gasteiger partial charge in [0.05, 0.1) is 0 Å². The van der Waals surface area contributed by atoms with E-state index in [9.17, 15) is 0 Å². The SMILES string of the molecule is CCc1cccc(N2CC[C@H](N3CCCC3)C2)n1. The Labute approximate surface area is 110 Å². The highest BCUT2D eigenvalue weighted by Crippen LogP contribution is 2.24. The largest absolute Gasteiger partial charge is 0.355 e. The fourth-order valence-electron chi connectivity index (χ4n) is 3.19. The first-order valence-electron chi connectivity index (χ1n) is 7.32. The molecule has 0 spiro atoms. The smallest absolute Gasteiger partial charge is 0.128 e. The van der Waals surface area contributed by atoms with Gasteiger partial charge in [-0.25, -0.2) is 4.98 Å². The van der Waals surface area contributed by atoms with Crippen LogP contribution in [0.2, 0.25) is 0 Å². The number of likely N-dealkylation sites (tertiary alicyclic amines) is 1. The third kappa shape index (κ3) is 2.37. The summed E-state index contributed by atoms with van der Waals surface area (Å²) in [4.78, 5) is 9.87. The van der Waals surface area contributed by atoms with E-state index < -0.39 is 0 Å². The lowest BCUT2D eigenvalue weighted by Gasteiger charge is -2.24. The van der Waals surface area contributed by atoms with Gasteiger partial charge in [0.1, 0.15) is 5.82 Å². The van der Waals surface area contributed by atoms with Crippen molar-refractivity contribution < 1.29 is 0 Å². The zero-order chi connectivity index (χ0) is 12.4. The maximum absolute atomic E-state index is 4.74. The van der Waals surface area contributed by atoms with Gasteiger partial charge in [-0.3, -0.25) is 4.90 Å². The van der Waals surface area contributed by atoms with Crippen molar-refractivity contribution in [2.24, 2.45) is 0 Å². The molecule has 0 saturated carbocycles. The number of hydrogen-bond donors (Lipinski definition) is 0. The number of rotatable bonds is 3. The number of pyridine rings is 1. The second-order valence-electron chi connectivity index (χ2n) is 5.47. The van der Waals surface area contributed by atoms with E-state index in [0.717, 1.165) is 12.5 Å². The molecule has 0 aliphatic carbocycles. The van der Waals surface area contributed by atoms with Crippen LogP contribution in [0.3, 0.4) is 0 Å². The van der Waals surface area contributed by atoms with E-state index in [0.29, 0.717) is 0 Å². The van der Waals surface area contributed by atoms with Crippen molar-refractivity contribution in [3.63, 3.8) is 0 Å². The van der Waals surface area contributed by atoms with E-state index in [4.69, 9.17) is 4.98 Å². The fourth-order valence-corrected chi connectivity index (χ4v) is 3.19. The molecule has 1 atom stereocenters. The molecule has 18 heavy (non-hydrogen) atoms. The second-order valence-corrected chi connectivity index (χ2v) is 5.47. The van der Waals surface area contributed by atoms with Crippen molar-refractivity contribution in [3.05, 3.63) is 23.9 Å². The molecule has 0 aromatic carbocycles. The van der Waals surface area contributed by atoms with E-state index in [1.54, 1.807) is 0 Å². The van der Waals surface area contributed by atoms with Crippen LogP contribution in [0.4, 0.5) is 5.82 Å². The topological polar surface area (TPSA) is 19.4 Å². The van der Waals surface area contributed by atoms with Gasteiger partial charge in [0, 0.05) is 24.8 Å². The average Bonchev–Trinajstić information content (AvgIpc) is 3.09. The minimum atomic E-state index is 0.764. The van der Waals surface area contributed by atoms with Gasteiger partial charge in [-0.15, -0.1) is 0 Å². The van der Waals surface area contributed by atoms with Gasteiger partial charge in [0.25, 0.3) is 0 Å². The van der Waals surface area contributed by atoms with Crippen LogP contribution in [0, 0.1) is 0 Å². The molecule has 3 nitrogen and oxygen atoms in total. The molecule has 0 amide bonds. The van der Waals surface area contributed by atoms with Crippen LogP contribution >= 0.6 is 0 Å². The number of anilines is 1. The van der Waals surface area contributed by atoms with Gasteiger partial charge in [-0.1, -0.05) is 13.0 Å². The molecule has 0 N–H and O–H groups in total. The molecule has 2 aliphatic heterocycles. The van der Waals surface area contributed by atoms with Gasteiger partial charge in [-0.05, 0) is 50.9 Å². The summed E-state index contributed by atoms with van der Waals surface area (Å²) in [5.74, 6) is 1.18. The predicted octanol–water partition coefficient (Wildman–Crippen LogP) is 2.32. The van der Waals surface area contributed by atoms with Crippen molar-refractivity contribution in [1.29, 1.82) is 0 Å². The van der Waals surface area contributed by atoms with Crippen LogP contribution in [0.5, 0.6) is 0 Å².